The number of aromatic nitrogens is 1. The van der Waals surface area contributed by atoms with E-state index in [4.69, 9.17) is 9.47 Å². The fourth-order valence-corrected chi connectivity index (χ4v) is 4.91. The van der Waals surface area contributed by atoms with Crippen LogP contribution in [0.15, 0.2) is 39.9 Å². The van der Waals surface area contributed by atoms with Crippen LogP contribution in [0, 0.1) is 17.6 Å². The van der Waals surface area contributed by atoms with Crippen molar-refractivity contribution >= 4 is 21.3 Å². The number of benzene rings is 1. The van der Waals surface area contributed by atoms with Gasteiger partial charge in [0.2, 0.25) is 5.82 Å². The van der Waals surface area contributed by atoms with Crippen LogP contribution in [0.4, 0.5) is 27.6 Å². The van der Waals surface area contributed by atoms with Crippen molar-refractivity contribution in [2.24, 2.45) is 10.3 Å². The SMILES string of the molecule is CCOc1c(C2C(C(=O)Nc3ccnc(S(C)(=O)=NC)c3)OC(C)(C(F)(F)F)C2C)ccc(F)c1F. The van der Waals surface area contributed by atoms with Gasteiger partial charge in [-0.1, -0.05) is 13.0 Å². The first kappa shape index (κ1) is 27.8. The molecule has 1 aliphatic rings. The van der Waals surface area contributed by atoms with Gasteiger partial charge in [0.25, 0.3) is 5.91 Å². The van der Waals surface area contributed by atoms with Crippen molar-refractivity contribution in [3.63, 3.8) is 0 Å². The monoisotopic (exact) mass is 535 g/mol. The Morgan fingerprint density at radius 2 is 1.97 bits per heavy atom. The van der Waals surface area contributed by atoms with Crippen molar-refractivity contribution in [2.45, 2.75) is 49.6 Å². The summed E-state index contributed by atoms with van der Waals surface area (Å²) in [7, 11) is -1.52. The van der Waals surface area contributed by atoms with Crippen molar-refractivity contribution < 1.29 is 40.4 Å². The third-order valence-corrected chi connectivity index (χ3v) is 8.09. The maximum absolute atomic E-state index is 14.6. The van der Waals surface area contributed by atoms with Gasteiger partial charge in [-0.15, -0.1) is 0 Å². The van der Waals surface area contributed by atoms with Gasteiger partial charge in [0, 0.05) is 42.6 Å². The number of anilines is 1. The predicted molar refractivity (Wildman–Crippen MR) is 122 cm³/mol. The molecule has 36 heavy (non-hydrogen) atoms. The predicted octanol–water partition coefficient (Wildman–Crippen LogP) is 4.92. The number of carbonyl (C=O) groups excluding carboxylic acids is 1. The molecule has 1 N–H and O–H groups in total. The van der Waals surface area contributed by atoms with Crippen molar-refractivity contribution in [3.05, 3.63) is 47.7 Å². The van der Waals surface area contributed by atoms with Crippen molar-refractivity contribution in [2.75, 3.05) is 25.2 Å². The molecular formula is C23H26F5N3O4S. The van der Waals surface area contributed by atoms with Crippen LogP contribution in [0.3, 0.4) is 0 Å². The Kier molecular flexibility index (Phi) is 7.66. The molecule has 198 valence electrons. The van der Waals surface area contributed by atoms with Gasteiger partial charge in [0.05, 0.1) is 16.3 Å². The molecular weight excluding hydrogens is 509 g/mol. The lowest BCUT2D eigenvalue weighted by Gasteiger charge is -2.32. The number of ether oxygens (including phenoxy) is 2. The van der Waals surface area contributed by atoms with Gasteiger partial charge in [-0.2, -0.15) is 17.6 Å². The van der Waals surface area contributed by atoms with E-state index in [0.29, 0.717) is 0 Å². The van der Waals surface area contributed by atoms with Crippen LogP contribution < -0.4 is 10.1 Å². The molecule has 1 aromatic carbocycles. The first-order valence-electron chi connectivity index (χ1n) is 10.9. The zero-order valence-corrected chi connectivity index (χ0v) is 21.0. The standard InChI is InChI=1S/C23H26F5N3O4S/c1-6-34-19-14(7-8-15(24)18(19)25)17-12(2)22(3,23(26,27)28)35-20(17)21(32)31-13-9-10-30-16(11-13)36(5,33)29-4/h7-12,17,20H,6H2,1-5H3,(H,30,31,32). The summed E-state index contributed by atoms with van der Waals surface area (Å²) in [6, 6.07) is 4.49. The van der Waals surface area contributed by atoms with E-state index < -0.39 is 62.7 Å². The molecule has 0 aliphatic carbocycles. The molecule has 0 saturated carbocycles. The van der Waals surface area contributed by atoms with Gasteiger partial charge in [0.1, 0.15) is 11.1 Å². The molecule has 1 fully saturated rings. The Balaban J connectivity index is 2.09. The fraction of sp³-hybridized carbons (Fsp3) is 0.478. The molecule has 7 nitrogen and oxygen atoms in total. The summed E-state index contributed by atoms with van der Waals surface area (Å²) >= 11 is 0. The van der Waals surface area contributed by atoms with Crippen molar-refractivity contribution in [1.29, 1.82) is 0 Å². The molecule has 0 spiro atoms. The molecule has 5 unspecified atom stereocenters. The Morgan fingerprint density at radius 1 is 1.31 bits per heavy atom. The summed E-state index contributed by atoms with van der Waals surface area (Å²) in [6.45, 7) is 3.43. The van der Waals surface area contributed by atoms with Crippen molar-refractivity contribution in [3.8, 4) is 5.75 Å². The maximum atomic E-state index is 14.6. The van der Waals surface area contributed by atoms with Crippen LogP contribution in [-0.2, 0) is 19.3 Å². The minimum absolute atomic E-state index is 0.0550. The lowest BCUT2D eigenvalue weighted by molar-refractivity contribution is -0.272. The molecule has 0 radical (unpaired) electrons. The van der Waals surface area contributed by atoms with Crippen LogP contribution in [-0.4, -0.2) is 52.9 Å². The third-order valence-electron chi connectivity index (χ3n) is 6.39. The zero-order valence-electron chi connectivity index (χ0n) is 20.2. The Bertz CT molecular complexity index is 1280. The second-order valence-electron chi connectivity index (χ2n) is 8.53. The van der Waals surface area contributed by atoms with E-state index in [1.54, 1.807) is 0 Å². The largest absolute Gasteiger partial charge is 0.490 e. The topological polar surface area (TPSA) is 89.9 Å². The summed E-state index contributed by atoms with van der Waals surface area (Å²) in [5, 5.41) is 2.52. The fourth-order valence-electron chi connectivity index (χ4n) is 4.12. The minimum atomic E-state index is -4.88. The summed E-state index contributed by atoms with van der Waals surface area (Å²) in [5.74, 6) is -6.92. The summed E-state index contributed by atoms with van der Waals surface area (Å²) < 4.78 is 97.7. The van der Waals surface area contributed by atoms with Crippen LogP contribution in [0.25, 0.3) is 0 Å². The molecule has 1 aromatic heterocycles. The normalized spacial score (nSPS) is 25.8. The molecule has 2 heterocycles. The van der Waals surface area contributed by atoms with E-state index in [1.165, 1.54) is 45.5 Å². The smallest absolute Gasteiger partial charge is 0.417 e. The van der Waals surface area contributed by atoms with E-state index in [2.05, 4.69) is 14.7 Å². The van der Waals surface area contributed by atoms with E-state index in [-0.39, 0.29) is 22.9 Å². The zero-order chi connectivity index (χ0) is 27.1. The first-order chi connectivity index (χ1) is 16.7. The second-order valence-corrected chi connectivity index (χ2v) is 10.9. The molecule has 13 heteroatoms. The van der Waals surface area contributed by atoms with Gasteiger partial charge in [-0.25, -0.2) is 17.9 Å². The number of carbonyl (C=O) groups is 1. The Labute approximate surface area is 205 Å². The number of halogens is 5. The molecule has 5 atom stereocenters. The average Bonchev–Trinajstić information content (AvgIpc) is 3.09. The number of hydrogen-bond donors (Lipinski definition) is 1. The van der Waals surface area contributed by atoms with Gasteiger partial charge in [-0.05, 0) is 32.0 Å². The molecule has 1 saturated heterocycles. The number of pyridine rings is 1. The van der Waals surface area contributed by atoms with Gasteiger partial charge in [-0.3, -0.25) is 4.79 Å². The van der Waals surface area contributed by atoms with Gasteiger partial charge >= 0.3 is 6.18 Å². The highest BCUT2D eigenvalue weighted by atomic mass is 32.2. The number of hydrogen-bond acceptors (Lipinski definition) is 6. The lowest BCUT2D eigenvalue weighted by atomic mass is 9.77. The van der Waals surface area contributed by atoms with Crippen LogP contribution in [0.2, 0.25) is 0 Å². The number of nitrogens with one attached hydrogen (secondary N) is 1. The second kappa shape index (κ2) is 9.92. The number of rotatable bonds is 6. The molecule has 1 aliphatic heterocycles. The number of alkyl halides is 3. The van der Waals surface area contributed by atoms with Crippen molar-refractivity contribution in [1.82, 2.24) is 4.98 Å². The quantitative estimate of drug-likeness (QED) is 0.531. The van der Waals surface area contributed by atoms with Gasteiger partial charge < -0.3 is 14.8 Å². The molecule has 1 amide bonds. The summed E-state index contributed by atoms with van der Waals surface area (Å²) in [5.41, 5.74) is -2.82. The Hall–Kier alpha value is -2.80. The summed E-state index contributed by atoms with van der Waals surface area (Å²) in [4.78, 5) is 17.3. The van der Waals surface area contributed by atoms with E-state index in [0.717, 1.165) is 19.1 Å². The van der Waals surface area contributed by atoms with Crippen LogP contribution in [0.5, 0.6) is 5.75 Å². The molecule has 2 aromatic rings. The summed E-state index contributed by atoms with van der Waals surface area (Å²) in [6.07, 6.45) is -4.04. The van der Waals surface area contributed by atoms with Crippen LogP contribution >= 0.6 is 0 Å². The highest BCUT2D eigenvalue weighted by molar-refractivity contribution is 7.92. The number of amides is 1. The minimum Gasteiger partial charge on any atom is -0.490 e. The lowest BCUT2D eigenvalue weighted by Crippen LogP contribution is -2.47. The number of nitrogens with zero attached hydrogens (tertiary/aromatic N) is 2. The van der Waals surface area contributed by atoms with Gasteiger partial charge in [0.15, 0.2) is 17.2 Å². The van der Waals surface area contributed by atoms with Crippen LogP contribution in [0.1, 0.15) is 32.3 Å². The van der Waals surface area contributed by atoms with E-state index >= 15 is 0 Å². The van der Waals surface area contributed by atoms with E-state index in [9.17, 15) is 31.0 Å². The third kappa shape index (κ3) is 4.90. The highest BCUT2D eigenvalue weighted by Gasteiger charge is 2.65. The first-order valence-corrected chi connectivity index (χ1v) is 12.8. The highest BCUT2D eigenvalue weighted by Crippen LogP contribution is 2.55. The Morgan fingerprint density at radius 3 is 2.56 bits per heavy atom. The average molecular weight is 536 g/mol. The molecule has 0 bridgehead atoms. The molecule has 3 rings (SSSR count). The van der Waals surface area contributed by atoms with E-state index in [1.807, 2.05) is 0 Å². The maximum Gasteiger partial charge on any atom is 0.417 e.